The molecule has 2 rings (SSSR count). The average molecular weight is 454 g/mol. The molecule has 2 aromatic rings. The molecule has 0 spiro atoms. The van der Waals surface area contributed by atoms with Crippen LogP contribution in [-0.2, 0) is 14.8 Å². The van der Waals surface area contributed by atoms with Gasteiger partial charge in [-0.05, 0) is 48.9 Å². The molecule has 0 fully saturated rings. The van der Waals surface area contributed by atoms with Crippen molar-refractivity contribution in [2.75, 3.05) is 17.7 Å². The lowest BCUT2D eigenvalue weighted by molar-refractivity contribution is -0.121. The smallest absolute Gasteiger partial charge is 0.263 e. The minimum Gasteiger partial charge on any atom is -0.497 e. The van der Waals surface area contributed by atoms with Gasteiger partial charge in [-0.3, -0.25) is 9.10 Å². The van der Waals surface area contributed by atoms with E-state index in [-0.39, 0.29) is 0 Å². The summed E-state index contributed by atoms with van der Waals surface area (Å²) in [5, 5.41) is 3.90. The minimum absolute atomic E-state index is 0.358. The van der Waals surface area contributed by atoms with Gasteiger partial charge < -0.3 is 4.74 Å². The number of carbonyl (C=O) groups excluding carboxylic acids is 1. The number of hydrazone groups is 1. The summed E-state index contributed by atoms with van der Waals surface area (Å²) in [6.07, 6.45) is 2.53. The summed E-state index contributed by atoms with van der Waals surface area (Å²) in [6, 6.07) is 12.8. The number of ether oxygens (including phenoxy) is 1. The van der Waals surface area contributed by atoms with Gasteiger partial charge in [0, 0.05) is 4.47 Å². The molecule has 0 aromatic heterocycles. The summed E-state index contributed by atoms with van der Waals surface area (Å²) in [6.45, 7) is 1.50. The van der Waals surface area contributed by atoms with Gasteiger partial charge in [0.15, 0.2) is 0 Å². The van der Waals surface area contributed by atoms with Crippen molar-refractivity contribution in [3.63, 3.8) is 0 Å². The zero-order valence-corrected chi connectivity index (χ0v) is 17.5. The lowest BCUT2D eigenvalue weighted by Gasteiger charge is -2.27. The largest absolute Gasteiger partial charge is 0.497 e. The van der Waals surface area contributed by atoms with Crippen molar-refractivity contribution in [3.8, 4) is 5.75 Å². The number of amides is 1. The molecule has 0 aliphatic carbocycles. The number of halogens is 1. The van der Waals surface area contributed by atoms with Crippen LogP contribution in [0.15, 0.2) is 58.1 Å². The SMILES string of the molecule is COc1ccc(N([C@@H](C)C(=O)N/N=C\c2cccc(Br)c2)S(C)(=O)=O)cc1. The molecule has 144 valence electrons. The first kappa shape index (κ1) is 20.9. The van der Waals surface area contributed by atoms with Crippen LogP contribution in [0.1, 0.15) is 12.5 Å². The van der Waals surface area contributed by atoms with Crippen molar-refractivity contribution in [1.82, 2.24) is 5.43 Å². The molecule has 0 saturated heterocycles. The summed E-state index contributed by atoms with van der Waals surface area (Å²) in [4.78, 5) is 12.4. The monoisotopic (exact) mass is 453 g/mol. The first-order valence-corrected chi connectivity index (χ1v) is 10.6. The Balaban J connectivity index is 2.16. The number of sulfonamides is 1. The van der Waals surface area contributed by atoms with Crippen LogP contribution in [0.25, 0.3) is 0 Å². The maximum atomic E-state index is 12.4. The molecule has 1 N–H and O–H groups in total. The van der Waals surface area contributed by atoms with Crippen LogP contribution in [0.3, 0.4) is 0 Å². The first-order valence-electron chi connectivity index (χ1n) is 7.94. The summed E-state index contributed by atoms with van der Waals surface area (Å²) >= 11 is 3.35. The fraction of sp³-hybridized carbons (Fsp3) is 0.222. The first-order chi connectivity index (χ1) is 12.7. The molecule has 0 heterocycles. The molecule has 1 atom stereocenters. The van der Waals surface area contributed by atoms with Gasteiger partial charge in [0.2, 0.25) is 10.0 Å². The fourth-order valence-corrected chi connectivity index (χ4v) is 3.98. The number of anilines is 1. The molecule has 0 bridgehead atoms. The van der Waals surface area contributed by atoms with E-state index in [9.17, 15) is 13.2 Å². The Hall–Kier alpha value is -2.39. The number of nitrogens with one attached hydrogen (secondary N) is 1. The van der Waals surface area contributed by atoms with E-state index >= 15 is 0 Å². The van der Waals surface area contributed by atoms with Gasteiger partial charge in [0.1, 0.15) is 11.8 Å². The predicted octanol–water partition coefficient (Wildman–Crippen LogP) is 2.76. The maximum Gasteiger partial charge on any atom is 0.263 e. The standard InChI is InChI=1S/C18H20BrN3O4S/c1-13(18(23)21-20-12-14-5-4-6-15(19)11-14)22(27(3,24)25)16-7-9-17(26-2)10-8-16/h4-13H,1-3H3,(H,21,23)/b20-12-/t13-/m0/s1. The van der Waals surface area contributed by atoms with Gasteiger partial charge in [0.05, 0.1) is 25.3 Å². The number of rotatable bonds is 7. The van der Waals surface area contributed by atoms with Crippen LogP contribution >= 0.6 is 15.9 Å². The van der Waals surface area contributed by atoms with E-state index in [1.807, 2.05) is 24.3 Å². The Morgan fingerprint density at radius 2 is 1.93 bits per heavy atom. The Labute approximate surface area is 167 Å². The van der Waals surface area contributed by atoms with Crippen molar-refractivity contribution >= 4 is 43.8 Å². The quantitative estimate of drug-likeness (QED) is 0.515. The molecule has 0 aliphatic rings. The second kappa shape index (κ2) is 9.01. The number of carbonyl (C=O) groups is 1. The van der Waals surface area contributed by atoms with Gasteiger partial charge in [-0.2, -0.15) is 5.10 Å². The highest BCUT2D eigenvalue weighted by Gasteiger charge is 2.29. The zero-order valence-electron chi connectivity index (χ0n) is 15.1. The van der Waals surface area contributed by atoms with Crippen molar-refractivity contribution in [1.29, 1.82) is 0 Å². The van der Waals surface area contributed by atoms with Crippen LogP contribution in [0.5, 0.6) is 5.75 Å². The van der Waals surface area contributed by atoms with Gasteiger partial charge >= 0.3 is 0 Å². The van der Waals surface area contributed by atoms with Crippen LogP contribution in [0.4, 0.5) is 5.69 Å². The van der Waals surface area contributed by atoms with Gasteiger partial charge in [-0.25, -0.2) is 13.8 Å². The molecule has 7 nitrogen and oxygen atoms in total. The van der Waals surface area contributed by atoms with E-state index in [1.165, 1.54) is 20.2 Å². The summed E-state index contributed by atoms with van der Waals surface area (Å²) < 4.78 is 31.5. The van der Waals surface area contributed by atoms with E-state index in [1.54, 1.807) is 24.3 Å². The second-order valence-electron chi connectivity index (χ2n) is 5.72. The Bertz CT molecular complexity index is 930. The molecule has 27 heavy (non-hydrogen) atoms. The highest BCUT2D eigenvalue weighted by Crippen LogP contribution is 2.23. The maximum absolute atomic E-state index is 12.4. The number of nitrogens with zero attached hydrogens (tertiary/aromatic N) is 2. The highest BCUT2D eigenvalue weighted by atomic mass is 79.9. The van der Waals surface area contributed by atoms with E-state index in [0.29, 0.717) is 11.4 Å². The predicted molar refractivity (Wildman–Crippen MR) is 110 cm³/mol. The normalized spacial score (nSPS) is 12.6. The average Bonchev–Trinajstić information content (AvgIpc) is 2.61. The Morgan fingerprint density at radius 1 is 1.26 bits per heavy atom. The van der Waals surface area contributed by atoms with Crippen LogP contribution in [-0.4, -0.2) is 39.9 Å². The third-order valence-corrected chi connectivity index (χ3v) is 5.39. The van der Waals surface area contributed by atoms with Crippen molar-refractivity contribution < 1.29 is 17.9 Å². The van der Waals surface area contributed by atoms with Crippen LogP contribution in [0, 0.1) is 0 Å². The third-order valence-electron chi connectivity index (χ3n) is 3.65. The van der Waals surface area contributed by atoms with E-state index in [4.69, 9.17) is 4.74 Å². The van der Waals surface area contributed by atoms with Gasteiger partial charge in [0.25, 0.3) is 5.91 Å². The van der Waals surface area contributed by atoms with Crippen LogP contribution in [0.2, 0.25) is 0 Å². The highest BCUT2D eigenvalue weighted by molar-refractivity contribution is 9.10. The molecule has 2 aromatic carbocycles. The van der Waals surface area contributed by atoms with Crippen molar-refractivity contribution in [2.24, 2.45) is 5.10 Å². The lowest BCUT2D eigenvalue weighted by Crippen LogP contribution is -2.46. The number of hydrogen-bond donors (Lipinski definition) is 1. The molecule has 0 radical (unpaired) electrons. The van der Waals surface area contributed by atoms with E-state index in [2.05, 4.69) is 26.5 Å². The molecule has 0 saturated carbocycles. The number of hydrogen-bond acceptors (Lipinski definition) is 5. The minimum atomic E-state index is -3.69. The summed E-state index contributed by atoms with van der Waals surface area (Å²) in [5.41, 5.74) is 3.52. The molecule has 0 aliphatic heterocycles. The third kappa shape index (κ3) is 5.80. The lowest BCUT2D eigenvalue weighted by atomic mass is 10.2. The van der Waals surface area contributed by atoms with E-state index < -0.39 is 22.0 Å². The fourth-order valence-electron chi connectivity index (χ4n) is 2.39. The molecular formula is C18H20BrN3O4S. The number of methoxy groups -OCH3 is 1. The zero-order chi connectivity index (χ0) is 20.0. The van der Waals surface area contributed by atoms with E-state index in [0.717, 1.165) is 20.6 Å². The molecule has 9 heteroatoms. The molecular weight excluding hydrogens is 434 g/mol. The van der Waals surface area contributed by atoms with Gasteiger partial charge in [-0.1, -0.05) is 28.1 Å². The molecule has 0 unspecified atom stereocenters. The summed E-state index contributed by atoms with van der Waals surface area (Å²) in [7, 11) is -2.17. The Morgan fingerprint density at radius 3 is 2.48 bits per heavy atom. The van der Waals surface area contributed by atoms with Crippen molar-refractivity contribution in [3.05, 3.63) is 58.6 Å². The second-order valence-corrected chi connectivity index (χ2v) is 8.50. The Kier molecular flexibility index (Phi) is 6.98. The summed E-state index contributed by atoms with van der Waals surface area (Å²) in [5.74, 6) is 0.0328. The number of benzene rings is 2. The topological polar surface area (TPSA) is 88.1 Å². The van der Waals surface area contributed by atoms with Crippen LogP contribution < -0.4 is 14.5 Å². The van der Waals surface area contributed by atoms with Crippen molar-refractivity contribution in [2.45, 2.75) is 13.0 Å². The molecule has 1 amide bonds. The van der Waals surface area contributed by atoms with Gasteiger partial charge in [-0.15, -0.1) is 0 Å².